The van der Waals surface area contributed by atoms with Crippen molar-refractivity contribution in [2.75, 3.05) is 10.5 Å². The number of nitrogens with zero attached hydrogens (tertiary/aromatic N) is 1. The summed E-state index contributed by atoms with van der Waals surface area (Å²) >= 11 is 2.73. The smallest absolute Gasteiger partial charge is 0.192 e. The lowest BCUT2D eigenvalue weighted by Gasteiger charge is -2.27. The number of benzene rings is 1. The summed E-state index contributed by atoms with van der Waals surface area (Å²) in [5.74, 6) is 0.217. The Bertz CT molecular complexity index is 568. The molecule has 1 aliphatic carbocycles. The van der Waals surface area contributed by atoms with Gasteiger partial charge in [-0.2, -0.15) is 0 Å². The number of nitrogens with two attached hydrogens (primary N) is 1. The molecule has 2 aromatic rings. The van der Waals surface area contributed by atoms with Crippen LogP contribution >= 0.6 is 23.3 Å². The minimum absolute atomic E-state index is 0.283. The summed E-state index contributed by atoms with van der Waals surface area (Å²) < 4.78 is 16.9. The number of thiazole rings is 1. The molecule has 1 heterocycles. The predicted molar refractivity (Wildman–Crippen MR) is 79.0 cm³/mol. The molecule has 0 aliphatic heterocycles. The second-order valence-corrected chi connectivity index (χ2v) is 6.32. The van der Waals surface area contributed by atoms with Gasteiger partial charge in [0.25, 0.3) is 0 Å². The molecule has 100 valence electrons. The summed E-state index contributed by atoms with van der Waals surface area (Å²) in [7, 11) is 0. The summed E-state index contributed by atoms with van der Waals surface area (Å²) in [6.45, 7) is 0. The van der Waals surface area contributed by atoms with Crippen LogP contribution < -0.4 is 10.5 Å². The van der Waals surface area contributed by atoms with Gasteiger partial charge in [-0.05, 0) is 48.4 Å². The lowest BCUT2D eigenvalue weighted by atomic mass is 9.79. The van der Waals surface area contributed by atoms with Crippen molar-refractivity contribution in [1.29, 1.82) is 0 Å². The molecule has 6 heteroatoms. The molecule has 1 aliphatic rings. The molecule has 1 aromatic heterocycles. The zero-order chi connectivity index (χ0) is 13.2. The Labute approximate surface area is 119 Å². The Hall–Kier alpha value is -1.27. The molecule has 0 saturated heterocycles. The van der Waals surface area contributed by atoms with Crippen LogP contribution in [-0.2, 0) is 0 Å². The van der Waals surface area contributed by atoms with E-state index >= 15 is 0 Å². The third-order valence-corrected chi connectivity index (χ3v) is 5.01. The average Bonchev–Trinajstić information content (AvgIpc) is 2.81. The Morgan fingerprint density at radius 1 is 1.42 bits per heavy atom. The molecule has 0 amide bonds. The van der Waals surface area contributed by atoms with E-state index < -0.39 is 0 Å². The zero-order valence-electron chi connectivity index (χ0n) is 10.2. The molecule has 0 unspecified atom stereocenters. The molecular weight excluding hydrogens is 281 g/mol. The van der Waals surface area contributed by atoms with E-state index in [0.29, 0.717) is 16.5 Å². The molecule has 0 radical (unpaired) electrons. The Morgan fingerprint density at radius 2 is 2.26 bits per heavy atom. The summed E-state index contributed by atoms with van der Waals surface area (Å²) in [6, 6.07) is 3.30. The van der Waals surface area contributed by atoms with Crippen LogP contribution in [0, 0.1) is 5.82 Å². The van der Waals surface area contributed by atoms with Crippen LogP contribution in [0.1, 0.15) is 30.7 Å². The number of halogens is 1. The maximum absolute atomic E-state index is 13.9. The highest BCUT2D eigenvalue weighted by Gasteiger charge is 2.23. The number of nitrogens with one attached hydrogen (secondary N) is 1. The first-order valence-electron chi connectivity index (χ1n) is 6.15. The lowest BCUT2D eigenvalue weighted by molar-refractivity contribution is 0.419. The van der Waals surface area contributed by atoms with E-state index in [1.54, 1.807) is 6.20 Å². The lowest BCUT2D eigenvalue weighted by Crippen LogP contribution is -2.11. The van der Waals surface area contributed by atoms with Crippen LogP contribution in [0.4, 0.5) is 15.2 Å². The van der Waals surface area contributed by atoms with Crippen molar-refractivity contribution in [2.45, 2.75) is 30.1 Å². The van der Waals surface area contributed by atoms with Gasteiger partial charge in [0.05, 0.1) is 4.90 Å². The molecule has 1 aromatic carbocycles. The van der Waals surface area contributed by atoms with Gasteiger partial charge in [-0.3, -0.25) is 0 Å². The van der Waals surface area contributed by atoms with Gasteiger partial charge >= 0.3 is 0 Å². The fraction of sp³-hybridized carbons (Fsp3) is 0.308. The van der Waals surface area contributed by atoms with Gasteiger partial charge in [-0.1, -0.05) is 6.42 Å². The molecule has 0 atom stereocenters. The second-order valence-electron chi connectivity index (χ2n) is 4.58. The van der Waals surface area contributed by atoms with Crippen LogP contribution in [0.15, 0.2) is 28.6 Å². The van der Waals surface area contributed by atoms with E-state index in [0.717, 1.165) is 23.5 Å². The summed E-state index contributed by atoms with van der Waals surface area (Å²) in [6.07, 6.45) is 5.26. The standard InChI is InChI=1S/C13H14FN3S2/c14-10-7-11(15)9(8-2-1-3-8)6-12(10)19-17-13-16-4-5-18-13/h4-8H,1-3,15H2,(H,16,17). The third-order valence-electron chi connectivity index (χ3n) is 3.36. The Balaban J connectivity index is 1.79. The van der Waals surface area contributed by atoms with Crippen molar-refractivity contribution < 1.29 is 4.39 Å². The fourth-order valence-corrected chi connectivity index (χ4v) is 3.39. The minimum Gasteiger partial charge on any atom is -0.398 e. The van der Waals surface area contributed by atoms with Crippen LogP contribution in [0.25, 0.3) is 0 Å². The number of rotatable bonds is 4. The first kappa shape index (κ1) is 12.7. The number of aromatic nitrogens is 1. The SMILES string of the molecule is Nc1cc(F)c(SNc2nccs2)cc1C1CCC1. The Morgan fingerprint density at radius 3 is 2.89 bits per heavy atom. The molecule has 3 N–H and O–H groups in total. The average molecular weight is 295 g/mol. The van der Waals surface area contributed by atoms with Gasteiger partial charge < -0.3 is 10.5 Å². The van der Waals surface area contributed by atoms with Gasteiger partial charge in [-0.25, -0.2) is 9.37 Å². The molecule has 1 saturated carbocycles. The largest absolute Gasteiger partial charge is 0.398 e. The van der Waals surface area contributed by atoms with Crippen molar-refractivity contribution >= 4 is 34.1 Å². The highest BCUT2D eigenvalue weighted by Crippen LogP contribution is 2.41. The maximum atomic E-state index is 13.9. The Kier molecular flexibility index (Phi) is 3.61. The van der Waals surface area contributed by atoms with Crippen molar-refractivity contribution in [1.82, 2.24) is 4.98 Å². The summed E-state index contributed by atoms with van der Waals surface area (Å²) in [4.78, 5) is 4.68. The molecule has 0 spiro atoms. The van der Waals surface area contributed by atoms with E-state index in [9.17, 15) is 4.39 Å². The number of nitrogen functional groups attached to an aromatic ring is 1. The number of anilines is 2. The van der Waals surface area contributed by atoms with Crippen LogP contribution in [0.5, 0.6) is 0 Å². The van der Waals surface area contributed by atoms with Crippen molar-refractivity contribution in [2.24, 2.45) is 0 Å². The van der Waals surface area contributed by atoms with E-state index in [1.165, 1.54) is 35.8 Å². The van der Waals surface area contributed by atoms with Crippen molar-refractivity contribution in [3.05, 3.63) is 35.1 Å². The minimum atomic E-state index is -0.283. The topological polar surface area (TPSA) is 50.9 Å². The first-order chi connectivity index (χ1) is 9.24. The van der Waals surface area contributed by atoms with Crippen LogP contribution in [-0.4, -0.2) is 4.98 Å². The third kappa shape index (κ3) is 2.69. The summed E-state index contributed by atoms with van der Waals surface area (Å²) in [5, 5.41) is 2.65. The molecule has 19 heavy (non-hydrogen) atoms. The van der Waals surface area contributed by atoms with E-state index in [-0.39, 0.29) is 5.82 Å². The van der Waals surface area contributed by atoms with E-state index in [2.05, 4.69) is 9.71 Å². The van der Waals surface area contributed by atoms with Crippen LogP contribution in [0.3, 0.4) is 0 Å². The van der Waals surface area contributed by atoms with E-state index in [1.807, 2.05) is 11.4 Å². The quantitative estimate of drug-likeness (QED) is 0.654. The molecule has 1 fully saturated rings. The molecular formula is C13H14FN3S2. The molecule has 3 rings (SSSR count). The van der Waals surface area contributed by atoms with E-state index in [4.69, 9.17) is 5.73 Å². The van der Waals surface area contributed by atoms with Gasteiger partial charge in [0, 0.05) is 17.3 Å². The second kappa shape index (κ2) is 5.38. The maximum Gasteiger partial charge on any atom is 0.192 e. The monoisotopic (exact) mass is 295 g/mol. The fourth-order valence-electron chi connectivity index (χ4n) is 2.11. The van der Waals surface area contributed by atoms with Gasteiger partial charge in [0.2, 0.25) is 0 Å². The van der Waals surface area contributed by atoms with Gasteiger partial charge in [0.1, 0.15) is 5.82 Å². The normalized spacial score (nSPS) is 15.2. The van der Waals surface area contributed by atoms with Crippen molar-refractivity contribution in [3.8, 4) is 0 Å². The first-order valence-corrected chi connectivity index (χ1v) is 7.85. The highest BCUT2D eigenvalue weighted by molar-refractivity contribution is 8.00. The predicted octanol–water partition coefficient (Wildman–Crippen LogP) is 4.25. The number of hydrogen-bond acceptors (Lipinski definition) is 5. The zero-order valence-corrected chi connectivity index (χ0v) is 11.9. The number of hydrogen-bond donors (Lipinski definition) is 2. The van der Waals surface area contributed by atoms with Crippen molar-refractivity contribution in [3.63, 3.8) is 0 Å². The summed E-state index contributed by atoms with van der Waals surface area (Å²) in [5.41, 5.74) is 7.56. The van der Waals surface area contributed by atoms with Gasteiger partial charge in [0.15, 0.2) is 5.13 Å². The molecule has 0 bridgehead atoms. The van der Waals surface area contributed by atoms with Gasteiger partial charge in [-0.15, -0.1) is 11.3 Å². The van der Waals surface area contributed by atoms with Crippen LogP contribution in [0.2, 0.25) is 0 Å². The molecule has 3 nitrogen and oxygen atoms in total. The highest BCUT2D eigenvalue weighted by atomic mass is 32.2.